The van der Waals surface area contributed by atoms with E-state index in [2.05, 4.69) is 21.2 Å². The van der Waals surface area contributed by atoms with Crippen LogP contribution in [-0.4, -0.2) is 36.3 Å². The zero-order chi connectivity index (χ0) is 13.3. The Hall–Kier alpha value is -1.63. The van der Waals surface area contributed by atoms with E-state index in [1.54, 1.807) is 0 Å². The molecule has 0 saturated carbocycles. The molecular weight excluding hydrogens is 305 g/mol. The lowest BCUT2D eigenvalue weighted by atomic mass is 10.1. The van der Waals surface area contributed by atoms with Gasteiger partial charge in [0, 0.05) is 17.6 Å². The molecule has 7 heteroatoms. The van der Waals surface area contributed by atoms with E-state index in [9.17, 15) is 14.0 Å². The number of nitrogen functional groups attached to an aromatic ring is 1. The lowest BCUT2D eigenvalue weighted by Crippen LogP contribution is -2.50. The smallest absolute Gasteiger partial charge is 0.255 e. The van der Waals surface area contributed by atoms with Crippen LogP contribution in [0.15, 0.2) is 16.6 Å². The summed E-state index contributed by atoms with van der Waals surface area (Å²) in [5.74, 6) is -1.14. The first-order valence-corrected chi connectivity index (χ1v) is 6.09. The molecule has 2 rings (SSSR count). The third-order valence-corrected chi connectivity index (χ3v) is 3.30. The highest BCUT2D eigenvalue weighted by Gasteiger charge is 2.24. The summed E-state index contributed by atoms with van der Waals surface area (Å²) in [6.45, 7) is 0.843. The van der Waals surface area contributed by atoms with Crippen LogP contribution in [0.3, 0.4) is 0 Å². The molecule has 0 radical (unpaired) electrons. The number of halogens is 2. The monoisotopic (exact) mass is 315 g/mol. The van der Waals surface area contributed by atoms with Gasteiger partial charge in [0.1, 0.15) is 5.82 Å². The summed E-state index contributed by atoms with van der Waals surface area (Å²) in [4.78, 5) is 24.8. The molecule has 0 bridgehead atoms. The fourth-order valence-corrected chi connectivity index (χ4v) is 2.20. The molecule has 0 aliphatic carbocycles. The summed E-state index contributed by atoms with van der Waals surface area (Å²) < 4.78 is 13.5. The van der Waals surface area contributed by atoms with Gasteiger partial charge in [0.15, 0.2) is 0 Å². The summed E-state index contributed by atoms with van der Waals surface area (Å²) >= 11 is 3.12. The second kappa shape index (κ2) is 4.93. The molecule has 0 spiro atoms. The molecule has 18 heavy (non-hydrogen) atoms. The van der Waals surface area contributed by atoms with Crippen LogP contribution >= 0.6 is 15.9 Å². The number of rotatable bonds is 1. The minimum Gasteiger partial charge on any atom is -0.396 e. The van der Waals surface area contributed by atoms with E-state index in [1.807, 2.05) is 0 Å². The topological polar surface area (TPSA) is 75.4 Å². The zero-order valence-electron chi connectivity index (χ0n) is 9.37. The van der Waals surface area contributed by atoms with E-state index >= 15 is 0 Å². The summed E-state index contributed by atoms with van der Waals surface area (Å²) in [5, 5.41) is 2.62. The largest absolute Gasteiger partial charge is 0.396 e. The van der Waals surface area contributed by atoms with Crippen molar-refractivity contribution in [3.8, 4) is 0 Å². The Morgan fingerprint density at radius 3 is 2.89 bits per heavy atom. The average molecular weight is 316 g/mol. The molecular formula is C11H11BrFN3O2. The second-order valence-electron chi connectivity index (χ2n) is 3.93. The van der Waals surface area contributed by atoms with Crippen LogP contribution in [0.25, 0.3) is 0 Å². The molecule has 5 nitrogen and oxygen atoms in total. The van der Waals surface area contributed by atoms with Gasteiger partial charge >= 0.3 is 0 Å². The number of nitrogens with two attached hydrogens (primary N) is 1. The van der Waals surface area contributed by atoms with E-state index in [-0.39, 0.29) is 29.6 Å². The number of anilines is 1. The number of hydrogen-bond acceptors (Lipinski definition) is 3. The fraction of sp³-hybridized carbons (Fsp3) is 0.273. The Kier molecular flexibility index (Phi) is 3.51. The minimum absolute atomic E-state index is 0.00253. The number of hydrogen-bond donors (Lipinski definition) is 2. The zero-order valence-corrected chi connectivity index (χ0v) is 11.0. The van der Waals surface area contributed by atoms with E-state index in [0.717, 1.165) is 6.07 Å². The molecule has 1 aromatic rings. The van der Waals surface area contributed by atoms with E-state index in [0.29, 0.717) is 17.6 Å². The number of nitrogens with zero attached hydrogens (tertiary/aromatic N) is 1. The highest BCUT2D eigenvalue weighted by Crippen LogP contribution is 2.24. The van der Waals surface area contributed by atoms with Gasteiger partial charge in [-0.15, -0.1) is 0 Å². The lowest BCUT2D eigenvalue weighted by molar-refractivity contribution is -0.123. The summed E-state index contributed by atoms with van der Waals surface area (Å²) in [6, 6.07) is 2.42. The molecule has 1 aliphatic rings. The molecule has 2 amide bonds. The maximum Gasteiger partial charge on any atom is 0.255 e. The van der Waals surface area contributed by atoms with Crippen molar-refractivity contribution < 1.29 is 14.0 Å². The fourth-order valence-electron chi connectivity index (χ4n) is 1.71. The van der Waals surface area contributed by atoms with Crippen LogP contribution in [0.5, 0.6) is 0 Å². The summed E-state index contributed by atoms with van der Waals surface area (Å²) in [7, 11) is 0. The van der Waals surface area contributed by atoms with E-state index < -0.39 is 5.82 Å². The summed E-state index contributed by atoms with van der Waals surface area (Å²) in [6.07, 6.45) is 0. The van der Waals surface area contributed by atoms with E-state index in [1.165, 1.54) is 11.0 Å². The molecule has 1 heterocycles. The normalized spacial score (nSPS) is 15.4. The van der Waals surface area contributed by atoms with Crippen molar-refractivity contribution in [3.63, 3.8) is 0 Å². The predicted octanol–water partition coefficient (Wildman–Crippen LogP) is 0.742. The van der Waals surface area contributed by atoms with Crippen molar-refractivity contribution in [2.24, 2.45) is 0 Å². The van der Waals surface area contributed by atoms with Crippen molar-refractivity contribution in [2.45, 2.75) is 0 Å². The van der Waals surface area contributed by atoms with Gasteiger partial charge in [-0.25, -0.2) is 4.39 Å². The summed E-state index contributed by atoms with van der Waals surface area (Å²) in [5.41, 5.74) is 5.60. The van der Waals surface area contributed by atoms with Gasteiger partial charge in [-0.2, -0.15) is 0 Å². The van der Waals surface area contributed by atoms with Crippen LogP contribution in [-0.2, 0) is 4.79 Å². The number of carbonyl (C=O) groups excluding carboxylic acids is 2. The first-order chi connectivity index (χ1) is 8.49. The quantitative estimate of drug-likeness (QED) is 0.751. The van der Waals surface area contributed by atoms with Gasteiger partial charge in [0.25, 0.3) is 5.91 Å². The van der Waals surface area contributed by atoms with Gasteiger partial charge in [-0.05, 0) is 28.1 Å². The Morgan fingerprint density at radius 1 is 1.50 bits per heavy atom. The Morgan fingerprint density at radius 2 is 2.22 bits per heavy atom. The van der Waals surface area contributed by atoms with Gasteiger partial charge in [0.05, 0.1) is 17.8 Å². The van der Waals surface area contributed by atoms with Gasteiger partial charge < -0.3 is 16.0 Å². The van der Waals surface area contributed by atoms with Crippen LogP contribution in [0.2, 0.25) is 0 Å². The van der Waals surface area contributed by atoms with Gasteiger partial charge in [-0.1, -0.05) is 0 Å². The molecule has 1 fully saturated rings. The Labute approximate surface area is 111 Å². The number of carbonyl (C=O) groups is 2. The highest BCUT2D eigenvalue weighted by molar-refractivity contribution is 9.10. The highest BCUT2D eigenvalue weighted by atomic mass is 79.9. The van der Waals surface area contributed by atoms with Crippen molar-refractivity contribution in [1.29, 1.82) is 0 Å². The van der Waals surface area contributed by atoms with Crippen LogP contribution in [0.4, 0.5) is 10.1 Å². The molecule has 1 aliphatic heterocycles. The minimum atomic E-state index is -0.588. The molecule has 3 N–H and O–H groups in total. The number of amides is 2. The number of piperazine rings is 1. The van der Waals surface area contributed by atoms with Crippen LogP contribution in [0.1, 0.15) is 10.4 Å². The average Bonchev–Trinajstić information content (AvgIpc) is 2.33. The lowest BCUT2D eigenvalue weighted by Gasteiger charge is -2.27. The third-order valence-electron chi connectivity index (χ3n) is 2.64. The first kappa shape index (κ1) is 12.8. The van der Waals surface area contributed by atoms with Crippen molar-refractivity contribution in [3.05, 3.63) is 28.0 Å². The number of nitrogens with one attached hydrogen (secondary N) is 1. The SMILES string of the molecule is Nc1cc(C(=O)N2CCNC(=O)C2)c(Br)cc1F. The molecule has 0 atom stereocenters. The van der Waals surface area contributed by atoms with Gasteiger partial charge in [0.2, 0.25) is 5.91 Å². The van der Waals surface area contributed by atoms with Gasteiger partial charge in [-0.3, -0.25) is 9.59 Å². The standard InChI is InChI=1S/C11H11BrFN3O2/c12-7-4-8(13)9(14)3-6(7)11(18)16-2-1-15-10(17)5-16/h3-4H,1-2,5,14H2,(H,15,17). The molecule has 1 aromatic carbocycles. The third kappa shape index (κ3) is 2.45. The van der Waals surface area contributed by atoms with Crippen molar-refractivity contribution in [1.82, 2.24) is 10.2 Å². The maximum absolute atomic E-state index is 13.2. The van der Waals surface area contributed by atoms with Crippen LogP contribution < -0.4 is 11.1 Å². The molecule has 0 aromatic heterocycles. The second-order valence-corrected chi connectivity index (χ2v) is 4.78. The molecule has 96 valence electrons. The van der Waals surface area contributed by atoms with Crippen molar-refractivity contribution >= 4 is 33.4 Å². The first-order valence-electron chi connectivity index (χ1n) is 5.29. The van der Waals surface area contributed by atoms with Crippen molar-refractivity contribution in [2.75, 3.05) is 25.4 Å². The van der Waals surface area contributed by atoms with Crippen LogP contribution in [0, 0.1) is 5.82 Å². The molecule has 0 unspecified atom stereocenters. The molecule has 1 saturated heterocycles. The van der Waals surface area contributed by atoms with E-state index in [4.69, 9.17) is 5.73 Å². The number of benzene rings is 1. The maximum atomic E-state index is 13.2. The Balaban J connectivity index is 2.28. The predicted molar refractivity (Wildman–Crippen MR) is 67.4 cm³/mol. The Bertz CT molecular complexity index is 521.